The Bertz CT molecular complexity index is 760. The Kier molecular flexibility index (Phi) is 5.64. The largest absolute Gasteiger partial charge is 0.477 e. The molecule has 2 heterocycles. The van der Waals surface area contributed by atoms with Gasteiger partial charge < -0.3 is 9.63 Å². The van der Waals surface area contributed by atoms with E-state index in [1.165, 1.54) is 13.1 Å². The predicted octanol–water partition coefficient (Wildman–Crippen LogP) is 1.47. The molecule has 0 aliphatic heterocycles. The van der Waals surface area contributed by atoms with E-state index in [0.717, 1.165) is 6.26 Å². The van der Waals surface area contributed by atoms with Gasteiger partial charge in [-0.15, -0.1) is 12.4 Å². The molecule has 0 fully saturated rings. The summed E-state index contributed by atoms with van der Waals surface area (Å²) < 4.78 is 29.8. The van der Waals surface area contributed by atoms with Gasteiger partial charge in [0, 0.05) is 18.0 Å². The number of rotatable bonds is 5. The van der Waals surface area contributed by atoms with Crippen molar-refractivity contribution in [3.63, 3.8) is 0 Å². The van der Waals surface area contributed by atoms with Gasteiger partial charge in [0.25, 0.3) is 0 Å². The van der Waals surface area contributed by atoms with Gasteiger partial charge in [-0.1, -0.05) is 5.16 Å². The minimum Gasteiger partial charge on any atom is -0.477 e. The fourth-order valence-corrected chi connectivity index (χ4v) is 2.63. The second-order valence-electron chi connectivity index (χ2n) is 4.43. The van der Waals surface area contributed by atoms with Crippen LogP contribution in [-0.4, -0.2) is 35.9 Å². The number of hydrogen-bond donors (Lipinski definition) is 2. The average Bonchev–Trinajstić information content (AvgIpc) is 2.82. The molecule has 2 N–H and O–H groups in total. The van der Waals surface area contributed by atoms with Crippen molar-refractivity contribution in [1.29, 1.82) is 0 Å². The second-order valence-corrected chi connectivity index (χ2v) is 6.21. The number of carboxylic acid groups (broad SMARTS) is 1. The first kappa shape index (κ1) is 18.1. The van der Waals surface area contributed by atoms with Gasteiger partial charge in [0.05, 0.1) is 12.3 Å². The van der Waals surface area contributed by atoms with E-state index < -0.39 is 22.0 Å². The number of sulfonamides is 1. The second kappa shape index (κ2) is 6.86. The summed E-state index contributed by atoms with van der Waals surface area (Å²) in [7, 11) is -3.51. The molecule has 2 aromatic rings. The van der Waals surface area contributed by atoms with E-state index in [4.69, 9.17) is 4.52 Å². The SMILES string of the molecule is C[C@@H](NS(C)(=O)=O)c1onc(-c2cccnc2)c1C(=O)O.Cl. The molecule has 0 aromatic carbocycles. The van der Waals surface area contributed by atoms with Crippen molar-refractivity contribution in [3.8, 4) is 11.3 Å². The highest BCUT2D eigenvalue weighted by molar-refractivity contribution is 7.88. The number of nitrogens with one attached hydrogen (secondary N) is 1. The molecule has 0 saturated heterocycles. The highest BCUT2D eigenvalue weighted by atomic mass is 35.5. The van der Waals surface area contributed by atoms with Crippen LogP contribution in [0.25, 0.3) is 11.3 Å². The maximum atomic E-state index is 11.4. The first-order valence-corrected chi connectivity index (χ1v) is 7.79. The topological polar surface area (TPSA) is 122 Å². The van der Waals surface area contributed by atoms with Crippen LogP contribution >= 0.6 is 12.4 Å². The van der Waals surface area contributed by atoms with Crippen LogP contribution in [0.5, 0.6) is 0 Å². The monoisotopic (exact) mass is 347 g/mol. The van der Waals surface area contributed by atoms with Crippen molar-refractivity contribution >= 4 is 28.4 Å². The van der Waals surface area contributed by atoms with Crippen molar-refractivity contribution in [3.05, 3.63) is 35.9 Å². The van der Waals surface area contributed by atoms with Gasteiger partial charge in [0.15, 0.2) is 5.76 Å². The Labute approximate surface area is 133 Å². The highest BCUT2D eigenvalue weighted by Crippen LogP contribution is 2.28. The number of carbonyl (C=O) groups is 1. The van der Waals surface area contributed by atoms with Crippen LogP contribution in [0.2, 0.25) is 0 Å². The lowest BCUT2D eigenvalue weighted by Gasteiger charge is -2.09. The van der Waals surface area contributed by atoms with Gasteiger partial charge in [0.1, 0.15) is 11.3 Å². The maximum Gasteiger partial charge on any atom is 0.341 e. The molecular formula is C12H14ClN3O5S. The Balaban J connectivity index is 0.00000242. The number of aromatic carboxylic acids is 1. The molecule has 0 amide bonds. The average molecular weight is 348 g/mol. The van der Waals surface area contributed by atoms with Crippen LogP contribution < -0.4 is 4.72 Å². The normalized spacial score (nSPS) is 12.5. The molecule has 22 heavy (non-hydrogen) atoms. The van der Waals surface area contributed by atoms with E-state index in [0.29, 0.717) is 5.56 Å². The highest BCUT2D eigenvalue weighted by Gasteiger charge is 2.28. The van der Waals surface area contributed by atoms with E-state index in [1.54, 1.807) is 18.3 Å². The Morgan fingerprint density at radius 2 is 2.14 bits per heavy atom. The molecule has 0 aliphatic rings. The van der Waals surface area contributed by atoms with Crippen molar-refractivity contribution in [2.75, 3.05) is 6.26 Å². The summed E-state index contributed by atoms with van der Waals surface area (Å²) in [5, 5.41) is 13.1. The zero-order valence-corrected chi connectivity index (χ0v) is 13.3. The molecule has 0 spiro atoms. The molecule has 1 atom stereocenters. The van der Waals surface area contributed by atoms with E-state index in [2.05, 4.69) is 14.9 Å². The molecule has 0 saturated carbocycles. The minimum absolute atomic E-state index is 0. The van der Waals surface area contributed by atoms with Gasteiger partial charge in [-0.3, -0.25) is 4.98 Å². The minimum atomic E-state index is -3.51. The molecule has 0 unspecified atom stereocenters. The number of halogens is 1. The van der Waals surface area contributed by atoms with Gasteiger partial charge >= 0.3 is 5.97 Å². The number of nitrogens with zero attached hydrogens (tertiary/aromatic N) is 2. The molecule has 120 valence electrons. The third-order valence-electron chi connectivity index (χ3n) is 2.65. The fourth-order valence-electron chi connectivity index (χ4n) is 1.88. The van der Waals surface area contributed by atoms with Crippen LogP contribution in [0.1, 0.15) is 29.1 Å². The fraction of sp³-hybridized carbons (Fsp3) is 0.250. The van der Waals surface area contributed by atoms with Gasteiger partial charge in [0.2, 0.25) is 10.0 Å². The summed E-state index contributed by atoms with van der Waals surface area (Å²) in [4.78, 5) is 15.3. The van der Waals surface area contributed by atoms with E-state index in [-0.39, 0.29) is 29.4 Å². The molecule has 0 aliphatic carbocycles. The lowest BCUT2D eigenvalue weighted by molar-refractivity contribution is 0.0694. The van der Waals surface area contributed by atoms with Crippen LogP contribution in [0, 0.1) is 0 Å². The summed E-state index contributed by atoms with van der Waals surface area (Å²) in [6.45, 7) is 1.47. The summed E-state index contributed by atoms with van der Waals surface area (Å²) in [5.74, 6) is -1.32. The van der Waals surface area contributed by atoms with Crippen molar-refractivity contribution < 1.29 is 22.8 Å². The summed E-state index contributed by atoms with van der Waals surface area (Å²) in [6.07, 6.45) is 3.96. The van der Waals surface area contributed by atoms with E-state index in [9.17, 15) is 18.3 Å². The number of aromatic nitrogens is 2. The zero-order chi connectivity index (χ0) is 15.6. The van der Waals surface area contributed by atoms with Crippen LogP contribution in [0.15, 0.2) is 29.0 Å². The van der Waals surface area contributed by atoms with E-state index in [1.807, 2.05) is 0 Å². The number of carboxylic acids is 1. The van der Waals surface area contributed by atoms with Gasteiger partial charge in [-0.05, 0) is 19.1 Å². The standard InChI is InChI=1S/C12H13N3O5S.ClH/c1-7(15-21(2,18)19)11-9(12(16)17)10(14-20-11)8-4-3-5-13-6-8;/h3-7,15H,1-2H3,(H,16,17);1H/t7-;/m1./s1. The summed E-state index contributed by atoms with van der Waals surface area (Å²) in [6, 6.07) is 2.41. The van der Waals surface area contributed by atoms with Crippen LogP contribution in [0.3, 0.4) is 0 Å². The molecule has 0 radical (unpaired) electrons. The first-order valence-electron chi connectivity index (χ1n) is 5.90. The Morgan fingerprint density at radius 3 is 2.64 bits per heavy atom. The molecular weight excluding hydrogens is 334 g/mol. The predicted molar refractivity (Wildman–Crippen MR) is 80.3 cm³/mol. The maximum absolute atomic E-state index is 11.4. The van der Waals surface area contributed by atoms with E-state index >= 15 is 0 Å². The quantitative estimate of drug-likeness (QED) is 0.839. The van der Waals surface area contributed by atoms with Crippen molar-refractivity contribution in [2.45, 2.75) is 13.0 Å². The Hall–Kier alpha value is -1.97. The van der Waals surface area contributed by atoms with Crippen molar-refractivity contribution in [2.24, 2.45) is 0 Å². The van der Waals surface area contributed by atoms with Crippen molar-refractivity contribution in [1.82, 2.24) is 14.9 Å². The third-order valence-corrected chi connectivity index (χ3v) is 3.43. The molecule has 8 nitrogen and oxygen atoms in total. The van der Waals surface area contributed by atoms with Gasteiger partial charge in [-0.2, -0.15) is 0 Å². The molecule has 0 bridgehead atoms. The molecule has 2 rings (SSSR count). The van der Waals surface area contributed by atoms with Crippen LogP contribution in [0.4, 0.5) is 0 Å². The summed E-state index contributed by atoms with van der Waals surface area (Å²) in [5.41, 5.74) is 0.385. The number of hydrogen-bond acceptors (Lipinski definition) is 6. The molecule has 10 heteroatoms. The number of pyridine rings is 1. The lowest BCUT2D eigenvalue weighted by atomic mass is 10.1. The van der Waals surface area contributed by atoms with Crippen LogP contribution in [-0.2, 0) is 10.0 Å². The summed E-state index contributed by atoms with van der Waals surface area (Å²) >= 11 is 0. The Morgan fingerprint density at radius 1 is 1.45 bits per heavy atom. The first-order chi connectivity index (χ1) is 9.79. The zero-order valence-electron chi connectivity index (χ0n) is 11.7. The van der Waals surface area contributed by atoms with Gasteiger partial charge in [-0.25, -0.2) is 17.9 Å². The smallest absolute Gasteiger partial charge is 0.341 e. The molecule has 2 aromatic heterocycles. The lowest BCUT2D eigenvalue weighted by Crippen LogP contribution is -2.26. The third kappa shape index (κ3) is 4.03.